The molecule has 1 saturated heterocycles. The number of likely N-dealkylation sites (N-methyl/N-ethyl adjacent to an activating group) is 1. The fraction of sp³-hybridized carbons (Fsp3) is 0.429. The van der Waals surface area contributed by atoms with Gasteiger partial charge in [0, 0.05) is 24.7 Å². The van der Waals surface area contributed by atoms with E-state index in [1.165, 1.54) is 5.56 Å². The van der Waals surface area contributed by atoms with Gasteiger partial charge in [-0.2, -0.15) is 13.2 Å². The van der Waals surface area contributed by atoms with Crippen LogP contribution in [0, 0.1) is 0 Å². The summed E-state index contributed by atoms with van der Waals surface area (Å²) in [5.41, 5.74) is 11.4. The number of carbonyl (C=O) groups excluding carboxylic acids is 1. The predicted molar refractivity (Wildman–Crippen MR) is 151 cm³/mol. The highest BCUT2D eigenvalue weighted by Crippen LogP contribution is 2.37. The molecule has 1 aliphatic heterocycles. The number of nitrogens with one attached hydrogen (secondary N) is 2. The largest absolute Gasteiger partial charge is 0.490 e. The number of alkyl halides is 3. The van der Waals surface area contributed by atoms with E-state index in [0.717, 1.165) is 59.9 Å². The lowest BCUT2D eigenvalue weighted by molar-refractivity contribution is -0.192. The second-order valence-corrected chi connectivity index (χ2v) is 12.0. The molecule has 4 rings (SSSR count). The molecular formula is C28H35F3N4O5S. The maximum atomic E-state index is 12.3. The number of carbonyl (C=O) groups is 2. The number of benzene rings is 2. The zero-order chi connectivity index (χ0) is 30.4. The molecule has 0 bridgehead atoms. The third-order valence-electron chi connectivity index (χ3n) is 7.08. The first-order valence-electron chi connectivity index (χ1n) is 13.3. The van der Waals surface area contributed by atoms with Gasteiger partial charge in [-0.05, 0) is 79.6 Å². The minimum absolute atomic E-state index is 0.129. The summed E-state index contributed by atoms with van der Waals surface area (Å²) in [5.74, 6) is -2.87. The van der Waals surface area contributed by atoms with Crippen molar-refractivity contribution in [2.24, 2.45) is 5.73 Å². The van der Waals surface area contributed by atoms with Crippen LogP contribution in [0.3, 0.4) is 0 Å². The number of amides is 1. The number of hydrogen-bond donors (Lipinski definition) is 4. The van der Waals surface area contributed by atoms with Gasteiger partial charge in [-0.1, -0.05) is 31.2 Å². The second kappa shape index (κ2) is 13.5. The Morgan fingerprint density at radius 3 is 2.34 bits per heavy atom. The summed E-state index contributed by atoms with van der Waals surface area (Å²) in [6.45, 7) is 6.67. The molecule has 3 aromatic rings. The number of H-pyrrole nitrogens is 1. The maximum Gasteiger partial charge on any atom is 0.490 e. The topological polar surface area (TPSA) is 146 Å². The molecule has 0 unspecified atom stereocenters. The highest BCUT2D eigenvalue weighted by Gasteiger charge is 2.38. The molecule has 0 saturated carbocycles. The average Bonchev–Trinajstić information content (AvgIpc) is 3.36. The number of carboxylic acids is 1. The van der Waals surface area contributed by atoms with E-state index < -0.39 is 28.1 Å². The van der Waals surface area contributed by atoms with Gasteiger partial charge in [-0.15, -0.1) is 0 Å². The molecule has 2 aromatic carbocycles. The number of sulfonamides is 1. The van der Waals surface area contributed by atoms with Gasteiger partial charge in [0.15, 0.2) is 0 Å². The van der Waals surface area contributed by atoms with Crippen LogP contribution < -0.4 is 11.1 Å². The quantitative estimate of drug-likeness (QED) is 0.272. The molecule has 9 nitrogen and oxygen atoms in total. The van der Waals surface area contributed by atoms with E-state index >= 15 is 0 Å². The van der Waals surface area contributed by atoms with Gasteiger partial charge >= 0.3 is 12.1 Å². The highest BCUT2D eigenvalue weighted by molar-refractivity contribution is 7.89. The van der Waals surface area contributed by atoms with Crippen LogP contribution in [0.2, 0.25) is 0 Å². The van der Waals surface area contributed by atoms with E-state index in [-0.39, 0.29) is 11.7 Å². The SMILES string of the molecule is CCNCCc1cccc(-c2cc(C(N)=O)c3[nH]cc(C4CCN(S(=O)(=O)CC)CC4)c3c2)c1.O=C(O)C(F)(F)F. The molecule has 41 heavy (non-hydrogen) atoms. The Morgan fingerprint density at radius 1 is 1.12 bits per heavy atom. The van der Waals surface area contributed by atoms with Gasteiger partial charge in [0.25, 0.3) is 5.91 Å². The molecule has 1 aliphatic rings. The number of carboxylic acid groups (broad SMARTS) is 1. The van der Waals surface area contributed by atoms with Gasteiger partial charge in [-0.25, -0.2) is 17.5 Å². The number of aromatic nitrogens is 1. The van der Waals surface area contributed by atoms with Crippen LogP contribution in [-0.2, 0) is 21.2 Å². The molecule has 0 radical (unpaired) electrons. The Bertz CT molecular complexity index is 1480. The fourth-order valence-electron chi connectivity index (χ4n) is 4.90. The Balaban J connectivity index is 0.000000587. The summed E-state index contributed by atoms with van der Waals surface area (Å²) in [7, 11) is -3.17. The van der Waals surface area contributed by atoms with Crippen molar-refractivity contribution in [2.75, 3.05) is 31.9 Å². The number of fused-ring (bicyclic) bond motifs is 1. The Kier molecular flexibility index (Phi) is 10.6. The molecule has 0 spiro atoms. The molecule has 224 valence electrons. The van der Waals surface area contributed by atoms with Crippen molar-refractivity contribution in [1.82, 2.24) is 14.6 Å². The van der Waals surface area contributed by atoms with Gasteiger partial charge in [0.2, 0.25) is 10.0 Å². The fourth-order valence-corrected chi connectivity index (χ4v) is 6.03. The lowest BCUT2D eigenvalue weighted by Crippen LogP contribution is -2.38. The van der Waals surface area contributed by atoms with Gasteiger partial charge in [0.1, 0.15) is 0 Å². The monoisotopic (exact) mass is 596 g/mol. The van der Waals surface area contributed by atoms with Crippen molar-refractivity contribution in [1.29, 1.82) is 0 Å². The molecule has 5 N–H and O–H groups in total. The predicted octanol–water partition coefficient (Wildman–Crippen LogP) is 4.25. The summed E-state index contributed by atoms with van der Waals surface area (Å²) in [6.07, 6.45) is -0.686. The third kappa shape index (κ3) is 8.08. The standard InChI is InChI=1S/C26H34N4O3S.C2HF3O2/c1-3-28-11-8-18-6-5-7-20(14-18)21-15-22-24(17-29-25(22)23(16-21)26(27)31)19-9-12-30(13-10-19)34(32,33)4-2;3-2(4,5)1(6)7/h5-7,14-17,19,28-29H,3-4,8-13H2,1-2H3,(H2,27,31);(H,6,7). The van der Waals surface area contributed by atoms with E-state index in [4.69, 9.17) is 15.6 Å². The molecule has 1 aromatic heterocycles. The molecular weight excluding hydrogens is 561 g/mol. The number of piperidine rings is 1. The molecule has 13 heteroatoms. The number of aliphatic carboxylic acids is 1. The van der Waals surface area contributed by atoms with E-state index in [1.807, 2.05) is 18.3 Å². The van der Waals surface area contributed by atoms with Crippen LogP contribution in [0.1, 0.15) is 54.1 Å². The van der Waals surface area contributed by atoms with E-state index in [1.54, 1.807) is 11.2 Å². The van der Waals surface area contributed by atoms with Gasteiger partial charge < -0.3 is 21.1 Å². The van der Waals surface area contributed by atoms with Crippen LogP contribution in [0.15, 0.2) is 42.6 Å². The highest BCUT2D eigenvalue weighted by atomic mass is 32.2. The maximum absolute atomic E-state index is 12.3. The molecule has 0 atom stereocenters. The summed E-state index contributed by atoms with van der Waals surface area (Å²) in [6, 6.07) is 12.4. The van der Waals surface area contributed by atoms with Crippen LogP contribution in [-0.4, -0.2) is 72.8 Å². The number of nitrogens with two attached hydrogens (primary N) is 1. The van der Waals surface area contributed by atoms with Crippen molar-refractivity contribution in [3.63, 3.8) is 0 Å². The third-order valence-corrected chi connectivity index (χ3v) is 8.96. The Labute approximate surface area is 237 Å². The smallest absolute Gasteiger partial charge is 0.475 e. The van der Waals surface area contributed by atoms with Crippen molar-refractivity contribution in [3.05, 3.63) is 59.3 Å². The number of nitrogens with zero attached hydrogens (tertiary/aromatic N) is 1. The second-order valence-electron chi connectivity index (χ2n) is 9.74. The van der Waals surface area contributed by atoms with E-state index in [0.29, 0.717) is 18.7 Å². The molecule has 1 amide bonds. The van der Waals surface area contributed by atoms with E-state index in [2.05, 4.69) is 41.5 Å². The zero-order valence-electron chi connectivity index (χ0n) is 22.9. The van der Waals surface area contributed by atoms with Crippen LogP contribution in [0.25, 0.3) is 22.0 Å². The summed E-state index contributed by atoms with van der Waals surface area (Å²) in [4.78, 5) is 24.5. The first-order chi connectivity index (χ1) is 19.3. The minimum Gasteiger partial charge on any atom is -0.475 e. The minimum atomic E-state index is -5.08. The summed E-state index contributed by atoms with van der Waals surface area (Å²) >= 11 is 0. The van der Waals surface area contributed by atoms with Crippen molar-refractivity contribution >= 4 is 32.8 Å². The van der Waals surface area contributed by atoms with Crippen molar-refractivity contribution in [3.8, 4) is 11.1 Å². The first kappa shape index (κ1) is 32.1. The summed E-state index contributed by atoms with van der Waals surface area (Å²) < 4.78 is 57.8. The van der Waals surface area contributed by atoms with Crippen LogP contribution in [0.4, 0.5) is 13.2 Å². The number of rotatable bonds is 9. The van der Waals surface area contributed by atoms with Gasteiger partial charge in [0.05, 0.1) is 16.8 Å². The van der Waals surface area contributed by atoms with Crippen LogP contribution in [0.5, 0.6) is 0 Å². The van der Waals surface area contributed by atoms with Crippen molar-refractivity contribution in [2.45, 2.75) is 45.2 Å². The molecule has 2 heterocycles. The normalized spacial score (nSPS) is 15.0. The number of halogens is 3. The number of aromatic amines is 1. The van der Waals surface area contributed by atoms with Crippen molar-refractivity contribution < 1.29 is 36.3 Å². The zero-order valence-corrected chi connectivity index (χ0v) is 23.7. The first-order valence-corrected chi connectivity index (χ1v) is 14.9. The van der Waals surface area contributed by atoms with Gasteiger partial charge in [-0.3, -0.25) is 4.79 Å². The average molecular weight is 597 g/mol. The molecule has 0 aliphatic carbocycles. The van der Waals surface area contributed by atoms with Crippen LogP contribution >= 0.6 is 0 Å². The Morgan fingerprint density at radius 2 is 1.78 bits per heavy atom. The Hall–Kier alpha value is -3.42. The molecule has 1 fully saturated rings. The number of hydrogen-bond acceptors (Lipinski definition) is 5. The summed E-state index contributed by atoms with van der Waals surface area (Å²) in [5, 5.41) is 11.5. The lowest BCUT2D eigenvalue weighted by Gasteiger charge is -2.31. The number of primary amides is 1. The van der Waals surface area contributed by atoms with E-state index in [9.17, 15) is 26.4 Å². The lowest BCUT2D eigenvalue weighted by atomic mass is 9.88.